The number of hydrogen-bond acceptors (Lipinski definition) is 4. The molecule has 1 atom stereocenters. The molecule has 0 aliphatic carbocycles. The third-order valence-corrected chi connectivity index (χ3v) is 3.14. The van der Waals surface area contributed by atoms with Gasteiger partial charge in [-0.15, -0.1) is 0 Å². The van der Waals surface area contributed by atoms with Crippen LogP contribution in [-0.2, 0) is 6.54 Å². The first-order valence-electron chi connectivity index (χ1n) is 5.70. The number of fused-ring (bicyclic) bond motifs is 1. The van der Waals surface area contributed by atoms with Crippen LogP contribution >= 0.6 is 0 Å². The fourth-order valence-corrected chi connectivity index (χ4v) is 1.93. The zero-order chi connectivity index (χ0) is 12.6. The first kappa shape index (κ1) is 11.6. The van der Waals surface area contributed by atoms with Crippen molar-refractivity contribution in [2.45, 2.75) is 32.9 Å². The molecule has 2 amide bonds. The van der Waals surface area contributed by atoms with Crippen molar-refractivity contribution in [1.29, 1.82) is 0 Å². The van der Waals surface area contributed by atoms with Gasteiger partial charge < -0.3 is 10.6 Å². The van der Waals surface area contributed by atoms with Crippen molar-refractivity contribution >= 4 is 17.7 Å². The fourth-order valence-electron chi connectivity index (χ4n) is 1.93. The predicted molar refractivity (Wildman–Crippen MR) is 65.5 cm³/mol. The molecule has 17 heavy (non-hydrogen) atoms. The summed E-state index contributed by atoms with van der Waals surface area (Å²) in [5.74, 6) is 1.10. The summed E-state index contributed by atoms with van der Waals surface area (Å²) in [7, 11) is 1.76. The number of hydrogen-bond donors (Lipinski definition) is 1. The van der Waals surface area contributed by atoms with E-state index in [9.17, 15) is 4.79 Å². The number of rotatable bonds is 2. The Labute approximate surface area is 100 Å². The summed E-state index contributed by atoms with van der Waals surface area (Å²) in [4.78, 5) is 23.7. The molecule has 0 aromatic carbocycles. The van der Waals surface area contributed by atoms with Crippen LogP contribution in [0.3, 0.4) is 0 Å². The zero-order valence-electron chi connectivity index (χ0n) is 10.3. The highest BCUT2D eigenvalue weighted by molar-refractivity contribution is 5.94. The van der Waals surface area contributed by atoms with E-state index >= 15 is 0 Å². The largest absolute Gasteiger partial charge is 0.383 e. The minimum absolute atomic E-state index is 0.0371. The van der Waals surface area contributed by atoms with Crippen LogP contribution in [0.2, 0.25) is 0 Å². The smallest absolute Gasteiger partial charge is 0.325 e. The van der Waals surface area contributed by atoms with Gasteiger partial charge in [0.05, 0.1) is 12.1 Å². The first-order valence-corrected chi connectivity index (χ1v) is 5.70. The highest BCUT2D eigenvalue weighted by atomic mass is 16.2. The maximum atomic E-state index is 12.2. The second-order valence-electron chi connectivity index (χ2n) is 4.33. The number of carbonyl (C=O) groups excluding carboxylic acids is 1. The van der Waals surface area contributed by atoms with Gasteiger partial charge in [-0.2, -0.15) is 0 Å². The number of urea groups is 1. The van der Waals surface area contributed by atoms with Gasteiger partial charge >= 0.3 is 6.03 Å². The van der Waals surface area contributed by atoms with Gasteiger partial charge in [0.15, 0.2) is 0 Å². The summed E-state index contributed by atoms with van der Waals surface area (Å²) >= 11 is 0. The van der Waals surface area contributed by atoms with Crippen LogP contribution < -0.4 is 10.6 Å². The SMILES string of the molecule is CCC(C)N1C(=O)N(C)Cc2c(N)ncnc21. The van der Waals surface area contributed by atoms with Gasteiger partial charge in [0.1, 0.15) is 18.0 Å². The lowest BCUT2D eigenvalue weighted by Gasteiger charge is -2.37. The first-order chi connectivity index (χ1) is 8.06. The molecule has 2 heterocycles. The zero-order valence-corrected chi connectivity index (χ0v) is 10.3. The Kier molecular flexibility index (Phi) is 2.87. The van der Waals surface area contributed by atoms with Crippen LogP contribution in [0.15, 0.2) is 6.33 Å². The number of anilines is 2. The predicted octanol–water partition coefficient (Wildman–Crippen LogP) is 1.23. The fraction of sp³-hybridized carbons (Fsp3) is 0.545. The minimum atomic E-state index is -0.0371. The van der Waals surface area contributed by atoms with Crippen molar-refractivity contribution < 1.29 is 4.79 Å². The molecule has 6 nitrogen and oxygen atoms in total. The molecule has 1 aromatic heterocycles. The van der Waals surface area contributed by atoms with Gasteiger partial charge in [-0.1, -0.05) is 6.92 Å². The van der Waals surface area contributed by atoms with Gasteiger partial charge in [-0.05, 0) is 13.3 Å². The molecule has 0 fully saturated rings. The number of aromatic nitrogens is 2. The van der Waals surface area contributed by atoms with Crippen LogP contribution in [0.5, 0.6) is 0 Å². The van der Waals surface area contributed by atoms with Crippen molar-refractivity contribution in [3.8, 4) is 0 Å². The average molecular weight is 235 g/mol. The molecular weight excluding hydrogens is 218 g/mol. The van der Waals surface area contributed by atoms with E-state index in [0.29, 0.717) is 18.2 Å². The molecule has 1 unspecified atom stereocenters. The van der Waals surface area contributed by atoms with E-state index in [0.717, 1.165) is 12.0 Å². The second kappa shape index (κ2) is 4.20. The summed E-state index contributed by atoms with van der Waals surface area (Å²) in [6.07, 6.45) is 2.27. The number of amides is 2. The van der Waals surface area contributed by atoms with Crippen molar-refractivity contribution in [2.24, 2.45) is 0 Å². The van der Waals surface area contributed by atoms with E-state index in [1.807, 2.05) is 13.8 Å². The van der Waals surface area contributed by atoms with Gasteiger partial charge in [0, 0.05) is 13.1 Å². The third kappa shape index (κ3) is 1.79. The van der Waals surface area contributed by atoms with Crippen LogP contribution in [0.4, 0.5) is 16.4 Å². The van der Waals surface area contributed by atoms with Gasteiger partial charge in [0.25, 0.3) is 0 Å². The molecule has 92 valence electrons. The van der Waals surface area contributed by atoms with Gasteiger partial charge in [-0.25, -0.2) is 14.8 Å². The summed E-state index contributed by atoms with van der Waals surface area (Å²) in [5, 5.41) is 0. The van der Waals surface area contributed by atoms with Crippen molar-refractivity contribution in [3.05, 3.63) is 11.9 Å². The number of nitrogens with zero attached hydrogens (tertiary/aromatic N) is 4. The van der Waals surface area contributed by atoms with E-state index in [4.69, 9.17) is 5.73 Å². The Hall–Kier alpha value is -1.85. The summed E-state index contributed by atoms with van der Waals surface area (Å²) < 4.78 is 0. The average Bonchev–Trinajstić information content (AvgIpc) is 2.31. The molecule has 2 N–H and O–H groups in total. The molecule has 0 bridgehead atoms. The molecule has 0 radical (unpaired) electrons. The maximum Gasteiger partial charge on any atom is 0.325 e. The number of nitrogens with two attached hydrogens (primary N) is 1. The third-order valence-electron chi connectivity index (χ3n) is 3.14. The Morgan fingerprint density at radius 2 is 2.24 bits per heavy atom. The quantitative estimate of drug-likeness (QED) is 0.836. The number of nitrogen functional groups attached to an aromatic ring is 1. The lowest BCUT2D eigenvalue weighted by Crippen LogP contribution is -2.50. The lowest BCUT2D eigenvalue weighted by atomic mass is 10.1. The van der Waals surface area contributed by atoms with Gasteiger partial charge in [-0.3, -0.25) is 4.90 Å². The molecule has 1 aliphatic heterocycles. The van der Waals surface area contributed by atoms with E-state index < -0.39 is 0 Å². The Morgan fingerprint density at radius 3 is 2.88 bits per heavy atom. The van der Waals surface area contributed by atoms with Crippen molar-refractivity contribution in [1.82, 2.24) is 14.9 Å². The standard InChI is InChI=1S/C11H17N5O/c1-4-7(2)16-10-8(5-15(3)11(16)17)9(12)13-6-14-10/h6-7H,4-5H2,1-3H3,(H2,12,13,14). The molecular formula is C11H17N5O. The van der Waals surface area contributed by atoms with Crippen LogP contribution in [0.1, 0.15) is 25.8 Å². The monoisotopic (exact) mass is 235 g/mol. The lowest BCUT2D eigenvalue weighted by molar-refractivity contribution is 0.207. The van der Waals surface area contributed by atoms with E-state index in [-0.39, 0.29) is 12.1 Å². The summed E-state index contributed by atoms with van der Waals surface area (Å²) in [6.45, 7) is 4.50. The Balaban J connectivity index is 2.53. The van der Waals surface area contributed by atoms with Crippen molar-refractivity contribution in [2.75, 3.05) is 17.7 Å². The highest BCUT2D eigenvalue weighted by Crippen LogP contribution is 2.30. The molecule has 1 aromatic rings. The summed E-state index contributed by atoms with van der Waals surface area (Å²) in [6, 6.07) is 0.0586. The summed E-state index contributed by atoms with van der Waals surface area (Å²) in [5.41, 5.74) is 6.67. The van der Waals surface area contributed by atoms with Crippen LogP contribution in [0, 0.1) is 0 Å². The van der Waals surface area contributed by atoms with Gasteiger partial charge in [0.2, 0.25) is 0 Å². The topological polar surface area (TPSA) is 75.4 Å². The normalized spacial score (nSPS) is 17.0. The van der Waals surface area contributed by atoms with E-state index in [1.54, 1.807) is 16.8 Å². The molecule has 2 rings (SSSR count). The van der Waals surface area contributed by atoms with E-state index in [1.165, 1.54) is 6.33 Å². The molecule has 0 spiro atoms. The van der Waals surface area contributed by atoms with Crippen LogP contribution in [0.25, 0.3) is 0 Å². The van der Waals surface area contributed by atoms with Crippen molar-refractivity contribution in [3.63, 3.8) is 0 Å². The molecule has 1 aliphatic rings. The molecule has 0 saturated heterocycles. The maximum absolute atomic E-state index is 12.2. The Bertz CT molecular complexity index is 447. The Morgan fingerprint density at radius 1 is 1.53 bits per heavy atom. The molecule has 0 saturated carbocycles. The molecule has 6 heteroatoms. The van der Waals surface area contributed by atoms with Crippen LogP contribution in [-0.4, -0.2) is 34.0 Å². The van der Waals surface area contributed by atoms with E-state index in [2.05, 4.69) is 9.97 Å². The highest BCUT2D eigenvalue weighted by Gasteiger charge is 2.33. The number of carbonyl (C=O) groups is 1. The minimum Gasteiger partial charge on any atom is -0.383 e. The second-order valence-corrected chi connectivity index (χ2v) is 4.33.